The summed E-state index contributed by atoms with van der Waals surface area (Å²) in [6.07, 6.45) is 0. The Labute approximate surface area is 74.0 Å². The van der Waals surface area contributed by atoms with E-state index in [1.165, 1.54) is 11.3 Å². The maximum atomic E-state index is 2.36. The van der Waals surface area contributed by atoms with Crippen LogP contribution in [0.5, 0.6) is 0 Å². The lowest BCUT2D eigenvalue weighted by Crippen LogP contribution is -2.25. The average Bonchev–Trinajstić information content (AvgIpc) is 2.33. The molecule has 1 heterocycles. The molecule has 0 N–H and O–H groups in total. The average molecular weight is 161 g/mol. The minimum absolute atomic E-state index is 0.641. The molecule has 64 valence electrons. The Balaban J connectivity index is 2.52. The van der Waals surface area contributed by atoms with Gasteiger partial charge in [0.25, 0.3) is 0 Å². The fourth-order valence-electron chi connectivity index (χ4n) is 2.01. The van der Waals surface area contributed by atoms with Gasteiger partial charge in [-0.05, 0) is 18.6 Å². The van der Waals surface area contributed by atoms with Crippen molar-refractivity contribution in [1.82, 2.24) is 0 Å². The molecule has 1 aliphatic rings. The Kier molecular flexibility index (Phi) is 1.60. The summed E-state index contributed by atoms with van der Waals surface area (Å²) in [6, 6.07) is 9.32. The van der Waals surface area contributed by atoms with Crippen molar-refractivity contribution in [3.8, 4) is 0 Å². The molecule has 0 amide bonds. The second-order valence-electron chi connectivity index (χ2n) is 3.70. The van der Waals surface area contributed by atoms with Crippen LogP contribution in [0, 0.1) is 0 Å². The highest BCUT2D eigenvalue weighted by Crippen LogP contribution is 2.38. The predicted molar refractivity (Wildman–Crippen MR) is 52.7 cm³/mol. The van der Waals surface area contributed by atoms with E-state index in [0.29, 0.717) is 12.0 Å². The molecule has 0 radical (unpaired) electrons. The Morgan fingerprint density at radius 2 is 1.83 bits per heavy atom. The number of anilines is 1. The van der Waals surface area contributed by atoms with E-state index in [-0.39, 0.29) is 0 Å². The first-order valence-corrected chi connectivity index (χ1v) is 4.53. The number of nitrogens with zero attached hydrogens (tertiary/aromatic N) is 1. The number of rotatable bonds is 0. The number of hydrogen-bond donors (Lipinski definition) is 0. The minimum Gasteiger partial charge on any atom is -0.371 e. The van der Waals surface area contributed by atoms with Gasteiger partial charge in [0.15, 0.2) is 0 Å². The van der Waals surface area contributed by atoms with E-state index in [4.69, 9.17) is 0 Å². The molecule has 0 spiro atoms. The molecule has 1 nitrogen and oxygen atoms in total. The molecule has 1 heteroatoms. The summed E-state index contributed by atoms with van der Waals surface area (Å²) in [5.74, 6) is 0.672. The SMILES string of the molecule is C[C@@H]1c2ccccc2N(C)[C@@H]1C. The van der Waals surface area contributed by atoms with Crippen LogP contribution >= 0.6 is 0 Å². The molecule has 12 heavy (non-hydrogen) atoms. The fraction of sp³-hybridized carbons (Fsp3) is 0.455. The maximum Gasteiger partial charge on any atom is 0.0402 e. The molecule has 1 aliphatic heterocycles. The van der Waals surface area contributed by atoms with Crippen molar-refractivity contribution in [3.63, 3.8) is 0 Å². The lowest BCUT2D eigenvalue weighted by Gasteiger charge is -2.20. The molecule has 0 aliphatic carbocycles. The second-order valence-corrected chi connectivity index (χ2v) is 3.70. The van der Waals surface area contributed by atoms with E-state index < -0.39 is 0 Å². The van der Waals surface area contributed by atoms with Crippen LogP contribution in [-0.2, 0) is 0 Å². The van der Waals surface area contributed by atoms with Crippen LogP contribution in [0.2, 0.25) is 0 Å². The van der Waals surface area contributed by atoms with Gasteiger partial charge in [0.05, 0.1) is 0 Å². The highest BCUT2D eigenvalue weighted by Gasteiger charge is 2.29. The highest BCUT2D eigenvalue weighted by molar-refractivity contribution is 5.60. The van der Waals surface area contributed by atoms with Crippen molar-refractivity contribution < 1.29 is 0 Å². The summed E-state index contributed by atoms with van der Waals surface area (Å²) >= 11 is 0. The Bertz CT molecular complexity index is 264. The first-order valence-electron chi connectivity index (χ1n) is 4.53. The Morgan fingerprint density at radius 3 is 2.50 bits per heavy atom. The molecule has 2 rings (SSSR count). The van der Waals surface area contributed by atoms with Crippen molar-refractivity contribution in [2.75, 3.05) is 11.9 Å². The first kappa shape index (κ1) is 7.66. The maximum absolute atomic E-state index is 2.36. The van der Waals surface area contributed by atoms with Crippen LogP contribution in [0.3, 0.4) is 0 Å². The van der Waals surface area contributed by atoms with Gasteiger partial charge in [-0.1, -0.05) is 25.1 Å². The molecule has 0 bridgehead atoms. The van der Waals surface area contributed by atoms with Crippen molar-refractivity contribution in [1.29, 1.82) is 0 Å². The topological polar surface area (TPSA) is 3.24 Å². The number of fused-ring (bicyclic) bond motifs is 1. The van der Waals surface area contributed by atoms with Crippen molar-refractivity contribution >= 4 is 5.69 Å². The number of benzene rings is 1. The third kappa shape index (κ3) is 0.857. The molecule has 0 fully saturated rings. The van der Waals surface area contributed by atoms with Crippen LogP contribution in [0.1, 0.15) is 25.3 Å². The van der Waals surface area contributed by atoms with Crippen molar-refractivity contribution in [2.24, 2.45) is 0 Å². The van der Waals surface area contributed by atoms with Crippen LogP contribution in [-0.4, -0.2) is 13.1 Å². The quantitative estimate of drug-likeness (QED) is 0.565. The van der Waals surface area contributed by atoms with Crippen LogP contribution < -0.4 is 4.90 Å². The van der Waals surface area contributed by atoms with Gasteiger partial charge >= 0.3 is 0 Å². The number of likely N-dealkylation sites (N-methyl/N-ethyl adjacent to an activating group) is 1. The van der Waals surface area contributed by atoms with Gasteiger partial charge in [0.2, 0.25) is 0 Å². The zero-order valence-corrected chi connectivity index (χ0v) is 7.91. The molecule has 1 aromatic carbocycles. The number of hydrogen-bond acceptors (Lipinski definition) is 1. The monoisotopic (exact) mass is 161 g/mol. The summed E-state index contributed by atoms with van der Waals surface area (Å²) in [6.45, 7) is 4.58. The van der Waals surface area contributed by atoms with Crippen LogP contribution in [0.15, 0.2) is 24.3 Å². The third-order valence-electron chi connectivity index (χ3n) is 3.14. The van der Waals surface area contributed by atoms with E-state index in [0.717, 1.165) is 0 Å². The summed E-state index contributed by atoms with van der Waals surface area (Å²) in [4.78, 5) is 2.36. The van der Waals surface area contributed by atoms with E-state index in [9.17, 15) is 0 Å². The molecule has 0 saturated carbocycles. The van der Waals surface area contributed by atoms with E-state index >= 15 is 0 Å². The zero-order valence-electron chi connectivity index (χ0n) is 7.91. The van der Waals surface area contributed by atoms with Gasteiger partial charge in [-0.25, -0.2) is 0 Å². The van der Waals surface area contributed by atoms with Gasteiger partial charge < -0.3 is 4.90 Å². The molecule has 2 atom stereocenters. The standard InChI is InChI=1S/C11H15N/c1-8-9(2)12(3)11-7-5-4-6-10(8)11/h4-9H,1-3H3/t8-,9+/m0/s1. The predicted octanol–water partition coefficient (Wildman–Crippen LogP) is 2.63. The summed E-state index contributed by atoms with van der Waals surface area (Å²) in [5, 5.41) is 0. The summed E-state index contributed by atoms with van der Waals surface area (Å²) in [7, 11) is 2.17. The van der Waals surface area contributed by atoms with Crippen LogP contribution in [0.4, 0.5) is 5.69 Å². The van der Waals surface area contributed by atoms with Crippen LogP contribution in [0.25, 0.3) is 0 Å². The minimum atomic E-state index is 0.641. The molecule has 0 saturated heterocycles. The number of para-hydroxylation sites is 1. The van der Waals surface area contributed by atoms with Gasteiger partial charge in [0, 0.05) is 24.7 Å². The second kappa shape index (κ2) is 2.51. The fourth-order valence-corrected chi connectivity index (χ4v) is 2.01. The smallest absolute Gasteiger partial charge is 0.0402 e. The Hall–Kier alpha value is -0.980. The normalized spacial score (nSPS) is 27.4. The zero-order chi connectivity index (χ0) is 8.72. The molecule has 1 aromatic rings. The van der Waals surface area contributed by atoms with Crippen molar-refractivity contribution in [3.05, 3.63) is 29.8 Å². The van der Waals surface area contributed by atoms with Gasteiger partial charge in [0.1, 0.15) is 0 Å². The van der Waals surface area contributed by atoms with E-state index in [1.54, 1.807) is 0 Å². The van der Waals surface area contributed by atoms with Gasteiger partial charge in [-0.3, -0.25) is 0 Å². The largest absolute Gasteiger partial charge is 0.371 e. The van der Waals surface area contributed by atoms with E-state index in [1.807, 2.05) is 0 Å². The summed E-state index contributed by atoms with van der Waals surface area (Å²) in [5.41, 5.74) is 2.89. The van der Waals surface area contributed by atoms with Crippen molar-refractivity contribution in [2.45, 2.75) is 25.8 Å². The lowest BCUT2D eigenvalue weighted by molar-refractivity contribution is 0.626. The molecular weight excluding hydrogens is 146 g/mol. The van der Waals surface area contributed by atoms with Gasteiger partial charge in [-0.15, -0.1) is 0 Å². The summed E-state index contributed by atoms with van der Waals surface area (Å²) < 4.78 is 0. The highest BCUT2D eigenvalue weighted by atomic mass is 15.2. The first-order chi connectivity index (χ1) is 5.72. The van der Waals surface area contributed by atoms with E-state index in [2.05, 4.69) is 50.1 Å². The lowest BCUT2D eigenvalue weighted by atomic mass is 9.99. The molecule has 0 aromatic heterocycles. The molecular formula is C11H15N. The van der Waals surface area contributed by atoms with Gasteiger partial charge in [-0.2, -0.15) is 0 Å². The Morgan fingerprint density at radius 1 is 1.17 bits per heavy atom. The molecule has 0 unspecified atom stereocenters. The third-order valence-corrected chi connectivity index (χ3v) is 3.14.